The van der Waals surface area contributed by atoms with E-state index in [1.807, 2.05) is 0 Å². The topological polar surface area (TPSA) is 15.3 Å². The normalized spacial score (nSPS) is 25.0. The predicted molar refractivity (Wildman–Crippen MR) is 75.5 cm³/mol. The molecule has 0 bridgehead atoms. The van der Waals surface area contributed by atoms with Gasteiger partial charge in [0.2, 0.25) is 0 Å². The third-order valence-corrected chi connectivity index (χ3v) is 4.19. The van der Waals surface area contributed by atoms with E-state index in [9.17, 15) is 0 Å². The first-order valence-corrected chi connectivity index (χ1v) is 7.37. The highest BCUT2D eigenvalue weighted by Crippen LogP contribution is 2.25. The second kappa shape index (κ2) is 4.99. The molecular weight excluding hydrogens is 276 g/mol. The molecule has 0 amide bonds. The van der Waals surface area contributed by atoms with E-state index in [1.165, 1.54) is 37.9 Å². The van der Waals surface area contributed by atoms with Gasteiger partial charge in [-0.3, -0.25) is 0 Å². The van der Waals surface area contributed by atoms with Gasteiger partial charge < -0.3 is 10.2 Å². The van der Waals surface area contributed by atoms with E-state index < -0.39 is 0 Å². The van der Waals surface area contributed by atoms with Crippen LogP contribution in [0.5, 0.6) is 0 Å². The highest BCUT2D eigenvalue weighted by atomic mass is 79.9. The quantitative estimate of drug-likeness (QED) is 0.921. The van der Waals surface area contributed by atoms with Gasteiger partial charge >= 0.3 is 0 Å². The van der Waals surface area contributed by atoms with Crippen LogP contribution in [0.3, 0.4) is 0 Å². The number of piperidine rings is 1. The summed E-state index contributed by atoms with van der Waals surface area (Å²) in [4.78, 5) is 2.51. The molecule has 1 unspecified atom stereocenters. The molecule has 1 aromatic carbocycles. The zero-order valence-corrected chi connectivity index (χ0v) is 11.6. The van der Waals surface area contributed by atoms with E-state index in [0.29, 0.717) is 6.04 Å². The van der Waals surface area contributed by atoms with Gasteiger partial charge in [-0.15, -0.1) is 0 Å². The van der Waals surface area contributed by atoms with Crippen LogP contribution in [-0.2, 0) is 0 Å². The molecule has 2 nitrogen and oxygen atoms in total. The third-order valence-electron chi connectivity index (χ3n) is 3.66. The van der Waals surface area contributed by atoms with Crippen LogP contribution < -0.4 is 10.2 Å². The number of nitrogens with one attached hydrogen (secondary N) is 1. The number of benzene rings is 1. The zero-order chi connectivity index (χ0) is 11.7. The van der Waals surface area contributed by atoms with Crippen LogP contribution in [0.25, 0.3) is 0 Å². The fourth-order valence-electron chi connectivity index (χ4n) is 2.58. The first-order chi connectivity index (χ1) is 8.31. The van der Waals surface area contributed by atoms with Crippen molar-refractivity contribution in [1.29, 1.82) is 0 Å². The molecule has 92 valence electrons. The molecule has 3 heteroatoms. The van der Waals surface area contributed by atoms with Gasteiger partial charge in [-0.25, -0.2) is 0 Å². The molecule has 1 N–H and O–H groups in total. The third kappa shape index (κ3) is 3.02. The Bertz CT molecular complexity index is 372. The molecule has 0 spiro atoms. The average Bonchev–Trinajstić information content (AvgIpc) is 3.14. The lowest BCUT2D eigenvalue weighted by Crippen LogP contribution is -2.46. The summed E-state index contributed by atoms with van der Waals surface area (Å²) in [5.41, 5.74) is 1.36. The van der Waals surface area contributed by atoms with Gasteiger partial charge in [0.05, 0.1) is 0 Å². The predicted octanol–water partition coefficient (Wildman–Crippen LogP) is 3.17. The van der Waals surface area contributed by atoms with Crippen LogP contribution >= 0.6 is 15.9 Å². The van der Waals surface area contributed by atoms with Crippen molar-refractivity contribution in [1.82, 2.24) is 5.32 Å². The first-order valence-electron chi connectivity index (χ1n) is 6.58. The maximum absolute atomic E-state index is 3.75. The van der Waals surface area contributed by atoms with Crippen molar-refractivity contribution >= 4 is 21.6 Å². The van der Waals surface area contributed by atoms with Crippen LogP contribution in [-0.4, -0.2) is 25.2 Å². The van der Waals surface area contributed by atoms with Crippen LogP contribution in [0.15, 0.2) is 28.7 Å². The largest absolute Gasteiger partial charge is 0.370 e. The molecule has 1 aliphatic heterocycles. The Kier molecular flexibility index (Phi) is 3.39. The second-order valence-corrected chi connectivity index (χ2v) is 6.12. The molecule has 1 saturated carbocycles. The van der Waals surface area contributed by atoms with Gasteiger partial charge in [0.15, 0.2) is 0 Å². The minimum absolute atomic E-state index is 0.694. The highest BCUT2D eigenvalue weighted by molar-refractivity contribution is 9.10. The smallest absolute Gasteiger partial charge is 0.0367 e. The monoisotopic (exact) mass is 294 g/mol. The van der Waals surface area contributed by atoms with Crippen molar-refractivity contribution in [3.63, 3.8) is 0 Å². The summed E-state index contributed by atoms with van der Waals surface area (Å²) in [6.45, 7) is 2.36. The molecule has 1 aromatic rings. The Morgan fingerprint density at radius 2 is 1.82 bits per heavy atom. The van der Waals surface area contributed by atoms with E-state index in [-0.39, 0.29) is 0 Å². The summed E-state index contributed by atoms with van der Waals surface area (Å²) >= 11 is 3.49. The fraction of sp³-hybridized carbons (Fsp3) is 0.571. The maximum atomic E-state index is 3.75. The average molecular weight is 295 g/mol. The van der Waals surface area contributed by atoms with E-state index in [1.54, 1.807) is 0 Å². The minimum Gasteiger partial charge on any atom is -0.370 e. The molecule has 1 heterocycles. The van der Waals surface area contributed by atoms with Gasteiger partial charge in [-0.2, -0.15) is 0 Å². The van der Waals surface area contributed by atoms with Gasteiger partial charge in [0, 0.05) is 35.3 Å². The lowest BCUT2D eigenvalue weighted by molar-refractivity contribution is 0.420. The lowest BCUT2D eigenvalue weighted by Gasteiger charge is -2.35. The highest BCUT2D eigenvalue weighted by Gasteiger charge is 2.27. The summed E-state index contributed by atoms with van der Waals surface area (Å²) in [7, 11) is 0. The van der Waals surface area contributed by atoms with Crippen molar-refractivity contribution in [2.45, 2.75) is 37.8 Å². The SMILES string of the molecule is Brc1ccc(N2CCCC(NC3CC3)C2)cc1. The summed E-state index contributed by atoms with van der Waals surface area (Å²) < 4.78 is 1.16. The summed E-state index contributed by atoms with van der Waals surface area (Å²) in [6.07, 6.45) is 5.41. The van der Waals surface area contributed by atoms with Crippen LogP contribution in [0.2, 0.25) is 0 Å². The Labute approximate surface area is 112 Å². The Morgan fingerprint density at radius 1 is 1.06 bits per heavy atom. The Morgan fingerprint density at radius 3 is 2.53 bits per heavy atom. The van der Waals surface area contributed by atoms with Gasteiger partial charge in [-0.05, 0) is 49.9 Å². The van der Waals surface area contributed by atoms with Crippen molar-refractivity contribution in [2.24, 2.45) is 0 Å². The second-order valence-electron chi connectivity index (χ2n) is 5.20. The van der Waals surface area contributed by atoms with Gasteiger partial charge in [0.1, 0.15) is 0 Å². The molecule has 1 atom stereocenters. The van der Waals surface area contributed by atoms with Crippen molar-refractivity contribution < 1.29 is 0 Å². The van der Waals surface area contributed by atoms with Crippen LogP contribution in [0, 0.1) is 0 Å². The number of rotatable bonds is 3. The number of hydrogen-bond acceptors (Lipinski definition) is 2. The molecule has 0 aromatic heterocycles. The zero-order valence-electron chi connectivity index (χ0n) is 10.0. The molecule has 17 heavy (non-hydrogen) atoms. The Hall–Kier alpha value is -0.540. The van der Waals surface area contributed by atoms with Gasteiger partial charge in [-0.1, -0.05) is 15.9 Å². The standard InChI is InChI=1S/C14H19BrN2/c15-11-3-7-14(8-4-11)17-9-1-2-13(10-17)16-12-5-6-12/h3-4,7-8,12-13,16H,1-2,5-6,9-10H2. The minimum atomic E-state index is 0.694. The molecule has 2 fully saturated rings. The number of hydrogen-bond donors (Lipinski definition) is 1. The van der Waals surface area contributed by atoms with E-state index in [0.717, 1.165) is 17.1 Å². The number of anilines is 1. The van der Waals surface area contributed by atoms with E-state index in [4.69, 9.17) is 0 Å². The molecule has 0 radical (unpaired) electrons. The first kappa shape index (κ1) is 11.5. The van der Waals surface area contributed by atoms with E-state index in [2.05, 4.69) is 50.4 Å². The number of nitrogens with zero attached hydrogens (tertiary/aromatic N) is 1. The molecule has 3 rings (SSSR count). The van der Waals surface area contributed by atoms with Crippen molar-refractivity contribution in [2.75, 3.05) is 18.0 Å². The van der Waals surface area contributed by atoms with Crippen LogP contribution in [0.4, 0.5) is 5.69 Å². The van der Waals surface area contributed by atoms with Crippen LogP contribution in [0.1, 0.15) is 25.7 Å². The number of halogens is 1. The Balaban J connectivity index is 1.63. The molecule has 1 aliphatic carbocycles. The molecule has 1 saturated heterocycles. The van der Waals surface area contributed by atoms with Gasteiger partial charge in [0.25, 0.3) is 0 Å². The summed E-state index contributed by atoms with van der Waals surface area (Å²) in [5, 5.41) is 3.75. The molecular formula is C14H19BrN2. The van der Waals surface area contributed by atoms with Crippen molar-refractivity contribution in [3.8, 4) is 0 Å². The van der Waals surface area contributed by atoms with E-state index >= 15 is 0 Å². The fourth-order valence-corrected chi connectivity index (χ4v) is 2.85. The maximum Gasteiger partial charge on any atom is 0.0367 e. The lowest BCUT2D eigenvalue weighted by atomic mass is 10.0. The van der Waals surface area contributed by atoms with Crippen molar-refractivity contribution in [3.05, 3.63) is 28.7 Å². The molecule has 2 aliphatic rings. The summed E-state index contributed by atoms with van der Waals surface area (Å²) in [6, 6.07) is 10.2. The summed E-state index contributed by atoms with van der Waals surface area (Å²) in [5.74, 6) is 0.